The number of rotatable bonds is 2. The van der Waals surface area contributed by atoms with E-state index in [4.69, 9.17) is 5.73 Å². The molecule has 0 radical (unpaired) electrons. The zero-order valence-corrected chi connectivity index (χ0v) is 9.64. The number of para-hydroxylation sites is 3. The lowest BCUT2D eigenvalue weighted by atomic mass is 10.1. The molecule has 0 aliphatic carbocycles. The van der Waals surface area contributed by atoms with E-state index in [-0.39, 0.29) is 0 Å². The van der Waals surface area contributed by atoms with E-state index in [1.807, 2.05) is 43.4 Å². The first kappa shape index (κ1) is 10.6. The molecular formula is C14H16N2. The molecule has 0 spiro atoms. The van der Waals surface area contributed by atoms with Gasteiger partial charge in [0.05, 0.1) is 11.4 Å². The Balaban J connectivity index is 2.44. The summed E-state index contributed by atoms with van der Waals surface area (Å²) < 4.78 is 0. The smallest absolute Gasteiger partial charge is 0.0641 e. The second-order valence-corrected chi connectivity index (χ2v) is 3.90. The molecule has 0 heterocycles. The molecule has 0 aliphatic rings. The lowest BCUT2D eigenvalue weighted by molar-refractivity contribution is 1.19. The Kier molecular flexibility index (Phi) is 2.82. The molecule has 0 aliphatic heterocycles. The molecule has 0 saturated heterocycles. The van der Waals surface area contributed by atoms with Gasteiger partial charge in [-0.2, -0.15) is 0 Å². The van der Waals surface area contributed by atoms with Crippen LogP contribution in [0.4, 0.5) is 17.1 Å². The van der Waals surface area contributed by atoms with Crippen LogP contribution < -0.4 is 10.6 Å². The summed E-state index contributed by atoms with van der Waals surface area (Å²) in [6.07, 6.45) is 0. The van der Waals surface area contributed by atoms with E-state index in [0.717, 1.165) is 11.4 Å². The van der Waals surface area contributed by atoms with E-state index >= 15 is 0 Å². The van der Waals surface area contributed by atoms with Gasteiger partial charge in [0.15, 0.2) is 0 Å². The monoisotopic (exact) mass is 212 g/mol. The minimum absolute atomic E-state index is 0.799. The second kappa shape index (κ2) is 4.27. The Labute approximate surface area is 96.3 Å². The van der Waals surface area contributed by atoms with Crippen molar-refractivity contribution in [3.05, 3.63) is 54.1 Å². The summed E-state index contributed by atoms with van der Waals surface area (Å²) in [5.41, 5.74) is 10.2. The lowest BCUT2D eigenvalue weighted by Crippen LogP contribution is -2.12. The molecule has 0 saturated carbocycles. The van der Waals surface area contributed by atoms with Gasteiger partial charge in [-0.25, -0.2) is 0 Å². The van der Waals surface area contributed by atoms with Gasteiger partial charge in [-0.05, 0) is 30.7 Å². The average molecular weight is 212 g/mol. The number of hydrogen-bond acceptors (Lipinski definition) is 2. The zero-order valence-electron chi connectivity index (χ0n) is 9.64. The summed E-state index contributed by atoms with van der Waals surface area (Å²) in [6.45, 7) is 2.10. The van der Waals surface area contributed by atoms with Crippen molar-refractivity contribution in [3.8, 4) is 0 Å². The molecule has 0 atom stereocenters. The fourth-order valence-electron chi connectivity index (χ4n) is 1.86. The van der Waals surface area contributed by atoms with Crippen LogP contribution in [-0.4, -0.2) is 7.05 Å². The minimum atomic E-state index is 0.799. The first-order valence-electron chi connectivity index (χ1n) is 5.34. The summed E-state index contributed by atoms with van der Waals surface area (Å²) in [4.78, 5) is 2.12. The molecule has 2 aromatic carbocycles. The van der Waals surface area contributed by atoms with Gasteiger partial charge in [0, 0.05) is 12.7 Å². The van der Waals surface area contributed by atoms with Gasteiger partial charge in [0.1, 0.15) is 0 Å². The molecule has 0 aromatic heterocycles. The molecule has 2 nitrogen and oxygen atoms in total. The number of nitrogens with zero attached hydrogens (tertiary/aromatic N) is 1. The fourth-order valence-corrected chi connectivity index (χ4v) is 1.86. The van der Waals surface area contributed by atoms with Crippen LogP contribution in [0.5, 0.6) is 0 Å². The molecular weight excluding hydrogens is 196 g/mol. The van der Waals surface area contributed by atoms with Crippen LogP contribution in [0.1, 0.15) is 5.56 Å². The van der Waals surface area contributed by atoms with Gasteiger partial charge < -0.3 is 10.6 Å². The molecule has 2 rings (SSSR count). The van der Waals surface area contributed by atoms with Crippen LogP contribution in [0.15, 0.2) is 48.5 Å². The summed E-state index contributed by atoms with van der Waals surface area (Å²) in [5, 5.41) is 0. The highest BCUT2D eigenvalue weighted by molar-refractivity contribution is 5.75. The normalized spacial score (nSPS) is 10.1. The third-order valence-electron chi connectivity index (χ3n) is 2.77. The highest BCUT2D eigenvalue weighted by Crippen LogP contribution is 2.30. The van der Waals surface area contributed by atoms with E-state index in [9.17, 15) is 0 Å². The zero-order chi connectivity index (χ0) is 11.5. The third-order valence-corrected chi connectivity index (χ3v) is 2.77. The molecule has 82 valence electrons. The van der Waals surface area contributed by atoms with Gasteiger partial charge in [-0.1, -0.05) is 30.3 Å². The highest BCUT2D eigenvalue weighted by atomic mass is 15.1. The number of benzene rings is 2. The van der Waals surface area contributed by atoms with Crippen molar-refractivity contribution in [2.24, 2.45) is 0 Å². The van der Waals surface area contributed by atoms with Crippen molar-refractivity contribution in [1.29, 1.82) is 0 Å². The number of nitrogen functional groups attached to an aromatic ring is 1. The first-order valence-corrected chi connectivity index (χ1v) is 5.34. The SMILES string of the molecule is Cc1ccccc1N(C)c1ccccc1N. The predicted octanol–water partition coefficient (Wildman–Crippen LogP) is 3.35. The van der Waals surface area contributed by atoms with Crippen molar-refractivity contribution in [3.63, 3.8) is 0 Å². The van der Waals surface area contributed by atoms with Crippen molar-refractivity contribution in [2.75, 3.05) is 17.7 Å². The second-order valence-electron chi connectivity index (χ2n) is 3.90. The van der Waals surface area contributed by atoms with Gasteiger partial charge in [0.25, 0.3) is 0 Å². The largest absolute Gasteiger partial charge is 0.397 e. The van der Waals surface area contributed by atoms with Gasteiger partial charge >= 0.3 is 0 Å². The first-order chi connectivity index (χ1) is 7.70. The van der Waals surface area contributed by atoms with Crippen LogP contribution in [0, 0.1) is 6.92 Å². The standard InChI is InChI=1S/C14H16N2/c1-11-7-3-5-9-13(11)16(2)14-10-6-4-8-12(14)15/h3-10H,15H2,1-2H3. The van der Waals surface area contributed by atoms with E-state index in [0.29, 0.717) is 0 Å². The maximum atomic E-state index is 5.97. The lowest BCUT2D eigenvalue weighted by Gasteiger charge is -2.22. The van der Waals surface area contributed by atoms with Crippen molar-refractivity contribution >= 4 is 17.1 Å². The van der Waals surface area contributed by atoms with Crippen molar-refractivity contribution < 1.29 is 0 Å². The topological polar surface area (TPSA) is 29.3 Å². The summed E-state index contributed by atoms with van der Waals surface area (Å²) in [7, 11) is 2.04. The van der Waals surface area contributed by atoms with E-state index in [2.05, 4.69) is 24.0 Å². The molecule has 0 fully saturated rings. The fraction of sp³-hybridized carbons (Fsp3) is 0.143. The average Bonchev–Trinajstić information content (AvgIpc) is 2.29. The molecule has 0 amide bonds. The van der Waals surface area contributed by atoms with Crippen LogP contribution in [0.25, 0.3) is 0 Å². The number of hydrogen-bond donors (Lipinski definition) is 1. The number of anilines is 3. The predicted molar refractivity (Wildman–Crippen MR) is 70.1 cm³/mol. The quantitative estimate of drug-likeness (QED) is 0.773. The van der Waals surface area contributed by atoms with E-state index in [1.54, 1.807) is 0 Å². The van der Waals surface area contributed by atoms with Crippen LogP contribution in [-0.2, 0) is 0 Å². The Hall–Kier alpha value is -1.96. The molecule has 16 heavy (non-hydrogen) atoms. The van der Waals surface area contributed by atoms with Gasteiger partial charge in [-0.3, -0.25) is 0 Å². The maximum Gasteiger partial charge on any atom is 0.0641 e. The molecule has 0 bridgehead atoms. The molecule has 0 unspecified atom stereocenters. The summed E-state index contributed by atoms with van der Waals surface area (Å²) in [6, 6.07) is 16.2. The number of nitrogens with two attached hydrogens (primary N) is 1. The van der Waals surface area contributed by atoms with Crippen LogP contribution >= 0.6 is 0 Å². The third kappa shape index (κ3) is 1.87. The van der Waals surface area contributed by atoms with Crippen molar-refractivity contribution in [1.82, 2.24) is 0 Å². The minimum Gasteiger partial charge on any atom is -0.397 e. The van der Waals surface area contributed by atoms with Gasteiger partial charge in [-0.15, -0.1) is 0 Å². The Morgan fingerprint density at radius 3 is 2.06 bits per heavy atom. The van der Waals surface area contributed by atoms with Crippen LogP contribution in [0.3, 0.4) is 0 Å². The van der Waals surface area contributed by atoms with Crippen molar-refractivity contribution in [2.45, 2.75) is 6.92 Å². The van der Waals surface area contributed by atoms with E-state index in [1.165, 1.54) is 11.3 Å². The van der Waals surface area contributed by atoms with Gasteiger partial charge in [0.2, 0.25) is 0 Å². The number of aryl methyl sites for hydroxylation is 1. The Morgan fingerprint density at radius 2 is 1.44 bits per heavy atom. The summed E-state index contributed by atoms with van der Waals surface area (Å²) >= 11 is 0. The maximum absolute atomic E-state index is 5.97. The molecule has 2 N–H and O–H groups in total. The Morgan fingerprint density at radius 1 is 0.875 bits per heavy atom. The highest BCUT2D eigenvalue weighted by Gasteiger charge is 2.08. The van der Waals surface area contributed by atoms with E-state index < -0.39 is 0 Å². The molecule has 2 aromatic rings. The molecule has 2 heteroatoms. The summed E-state index contributed by atoms with van der Waals surface area (Å²) in [5.74, 6) is 0. The van der Waals surface area contributed by atoms with Crippen LogP contribution in [0.2, 0.25) is 0 Å². The Bertz CT molecular complexity index is 446.